The van der Waals surface area contributed by atoms with E-state index in [2.05, 4.69) is 32.9 Å². The maximum atomic E-state index is 5.76. The van der Waals surface area contributed by atoms with Crippen molar-refractivity contribution in [3.63, 3.8) is 0 Å². The van der Waals surface area contributed by atoms with Crippen molar-refractivity contribution in [3.05, 3.63) is 11.3 Å². The van der Waals surface area contributed by atoms with E-state index < -0.39 is 0 Å². The average molecular weight is 196 g/mol. The van der Waals surface area contributed by atoms with Gasteiger partial charge >= 0.3 is 0 Å². The largest absolute Gasteiger partial charge is 0.381 e. The smallest absolute Gasteiger partial charge is 0.170 e. The zero-order valence-corrected chi connectivity index (χ0v) is 9.50. The van der Waals surface area contributed by atoms with Gasteiger partial charge in [-0.3, -0.25) is 0 Å². The quantitative estimate of drug-likeness (QED) is 0.805. The fraction of sp³-hybridized carbons (Fsp3) is 0.727. The van der Waals surface area contributed by atoms with Gasteiger partial charge in [-0.05, 0) is 12.3 Å². The average Bonchev–Trinajstić information content (AvgIpc) is 2.48. The van der Waals surface area contributed by atoms with Gasteiger partial charge in [-0.25, -0.2) is 0 Å². The lowest BCUT2D eigenvalue weighted by atomic mass is 9.92. The molecule has 0 aliphatic carbocycles. The molecule has 3 nitrogen and oxygen atoms in total. The van der Waals surface area contributed by atoms with Gasteiger partial charge in [0.05, 0.1) is 0 Å². The van der Waals surface area contributed by atoms with E-state index in [0.29, 0.717) is 17.7 Å². The molecular formula is C11H20N2O. The molecule has 1 unspecified atom stereocenters. The molecule has 1 aromatic heterocycles. The minimum absolute atomic E-state index is 0.390. The third-order valence-corrected chi connectivity index (χ3v) is 2.76. The van der Waals surface area contributed by atoms with Gasteiger partial charge < -0.3 is 10.3 Å². The van der Waals surface area contributed by atoms with Crippen molar-refractivity contribution in [3.8, 4) is 0 Å². The molecule has 0 amide bonds. The first-order valence-corrected chi connectivity index (χ1v) is 5.31. The van der Waals surface area contributed by atoms with E-state index in [-0.39, 0.29) is 0 Å². The Bertz CT molecular complexity index is 291. The molecule has 0 spiro atoms. The van der Waals surface area contributed by atoms with E-state index in [0.717, 1.165) is 24.2 Å². The fourth-order valence-corrected chi connectivity index (χ4v) is 1.50. The van der Waals surface area contributed by atoms with Crippen LogP contribution in [0.1, 0.15) is 51.4 Å². The second kappa shape index (κ2) is 4.49. The summed E-state index contributed by atoms with van der Waals surface area (Å²) in [6.45, 7) is 8.65. The van der Waals surface area contributed by atoms with Crippen LogP contribution >= 0.6 is 0 Å². The molecule has 0 aliphatic rings. The van der Waals surface area contributed by atoms with Crippen LogP contribution in [0.4, 0.5) is 5.82 Å². The topological polar surface area (TPSA) is 52.0 Å². The molecule has 14 heavy (non-hydrogen) atoms. The lowest BCUT2D eigenvalue weighted by molar-refractivity contribution is 0.338. The molecule has 2 N–H and O–H groups in total. The summed E-state index contributed by atoms with van der Waals surface area (Å²) in [7, 11) is 0. The second-order valence-electron chi connectivity index (χ2n) is 4.19. The maximum Gasteiger partial charge on any atom is 0.170 e. The van der Waals surface area contributed by atoms with Gasteiger partial charge in [0.15, 0.2) is 5.82 Å². The fourth-order valence-electron chi connectivity index (χ4n) is 1.50. The first kappa shape index (κ1) is 11.1. The van der Waals surface area contributed by atoms with Crippen molar-refractivity contribution in [2.24, 2.45) is 5.92 Å². The van der Waals surface area contributed by atoms with Gasteiger partial charge in [0, 0.05) is 11.5 Å². The van der Waals surface area contributed by atoms with Crippen LogP contribution in [0, 0.1) is 5.92 Å². The van der Waals surface area contributed by atoms with Crippen molar-refractivity contribution in [1.82, 2.24) is 5.16 Å². The zero-order chi connectivity index (χ0) is 10.7. The highest BCUT2D eigenvalue weighted by Crippen LogP contribution is 2.30. The first-order chi connectivity index (χ1) is 6.57. The SMILES string of the molecule is CCCc1c(N)noc1C(C)C(C)C. The molecule has 3 heteroatoms. The Morgan fingerprint density at radius 2 is 2.00 bits per heavy atom. The molecule has 80 valence electrons. The van der Waals surface area contributed by atoms with E-state index in [1.54, 1.807) is 0 Å². The summed E-state index contributed by atoms with van der Waals surface area (Å²) in [5.41, 5.74) is 6.87. The Kier molecular flexibility index (Phi) is 3.55. The molecule has 0 radical (unpaired) electrons. The number of aromatic nitrogens is 1. The van der Waals surface area contributed by atoms with Gasteiger partial charge in [0.25, 0.3) is 0 Å². The van der Waals surface area contributed by atoms with Crippen LogP contribution in [0.2, 0.25) is 0 Å². The number of nitrogen functional groups attached to an aromatic ring is 1. The minimum atomic E-state index is 0.390. The lowest BCUT2D eigenvalue weighted by Crippen LogP contribution is -2.04. The molecule has 0 saturated heterocycles. The third kappa shape index (κ3) is 2.08. The van der Waals surface area contributed by atoms with E-state index in [1.807, 2.05) is 0 Å². The number of hydrogen-bond donors (Lipinski definition) is 1. The Morgan fingerprint density at radius 1 is 1.36 bits per heavy atom. The van der Waals surface area contributed by atoms with E-state index in [1.165, 1.54) is 0 Å². The molecule has 0 fully saturated rings. The third-order valence-electron chi connectivity index (χ3n) is 2.76. The minimum Gasteiger partial charge on any atom is -0.381 e. The molecule has 0 aromatic carbocycles. The van der Waals surface area contributed by atoms with E-state index >= 15 is 0 Å². The highest BCUT2D eigenvalue weighted by atomic mass is 16.5. The summed E-state index contributed by atoms with van der Waals surface area (Å²) < 4.78 is 5.30. The molecule has 0 aliphatic heterocycles. The van der Waals surface area contributed by atoms with Gasteiger partial charge in [-0.1, -0.05) is 39.3 Å². The van der Waals surface area contributed by atoms with Crippen LogP contribution < -0.4 is 5.73 Å². The summed E-state index contributed by atoms with van der Waals surface area (Å²) in [4.78, 5) is 0. The molecule has 0 saturated carbocycles. The maximum absolute atomic E-state index is 5.76. The van der Waals surface area contributed by atoms with E-state index in [4.69, 9.17) is 10.3 Å². The Hall–Kier alpha value is -0.990. The van der Waals surface area contributed by atoms with E-state index in [9.17, 15) is 0 Å². The summed E-state index contributed by atoms with van der Waals surface area (Å²) in [5.74, 6) is 2.48. The summed E-state index contributed by atoms with van der Waals surface area (Å²) in [6, 6.07) is 0. The van der Waals surface area contributed by atoms with Crippen LogP contribution in [0.15, 0.2) is 4.52 Å². The monoisotopic (exact) mass is 196 g/mol. The van der Waals surface area contributed by atoms with Gasteiger partial charge in [0.2, 0.25) is 0 Å². The van der Waals surface area contributed by atoms with Crippen LogP contribution in [0.25, 0.3) is 0 Å². The van der Waals surface area contributed by atoms with Gasteiger partial charge in [0.1, 0.15) is 5.76 Å². The predicted molar refractivity (Wildman–Crippen MR) is 58.2 cm³/mol. The van der Waals surface area contributed by atoms with Crippen LogP contribution in [-0.2, 0) is 6.42 Å². The number of nitrogens with zero attached hydrogens (tertiary/aromatic N) is 1. The Balaban J connectivity index is 2.96. The predicted octanol–water partition coefficient (Wildman–Crippen LogP) is 2.97. The molecule has 1 aromatic rings. The van der Waals surface area contributed by atoms with Crippen molar-refractivity contribution in [1.29, 1.82) is 0 Å². The van der Waals surface area contributed by atoms with Gasteiger partial charge in [-0.2, -0.15) is 0 Å². The highest BCUT2D eigenvalue weighted by molar-refractivity contribution is 5.41. The van der Waals surface area contributed by atoms with Crippen LogP contribution in [0.5, 0.6) is 0 Å². The zero-order valence-electron chi connectivity index (χ0n) is 9.50. The van der Waals surface area contributed by atoms with Crippen molar-refractivity contribution < 1.29 is 4.52 Å². The van der Waals surface area contributed by atoms with Gasteiger partial charge in [-0.15, -0.1) is 0 Å². The molecule has 1 heterocycles. The van der Waals surface area contributed by atoms with Crippen molar-refractivity contribution in [2.45, 2.75) is 46.5 Å². The number of anilines is 1. The molecule has 0 bridgehead atoms. The number of hydrogen-bond acceptors (Lipinski definition) is 3. The lowest BCUT2D eigenvalue weighted by Gasteiger charge is -2.13. The molecule has 1 rings (SSSR count). The normalized spacial score (nSPS) is 13.5. The molecule has 1 atom stereocenters. The Labute approximate surface area is 85.7 Å². The van der Waals surface area contributed by atoms with Crippen molar-refractivity contribution in [2.75, 3.05) is 5.73 Å². The Morgan fingerprint density at radius 3 is 2.50 bits per heavy atom. The first-order valence-electron chi connectivity index (χ1n) is 5.31. The standard InChI is InChI=1S/C11H20N2O/c1-5-6-9-10(8(4)7(2)3)14-13-11(9)12/h7-8H,5-6H2,1-4H3,(H2,12,13). The van der Waals surface area contributed by atoms with Crippen LogP contribution in [0.3, 0.4) is 0 Å². The number of nitrogens with two attached hydrogens (primary N) is 1. The summed E-state index contributed by atoms with van der Waals surface area (Å²) >= 11 is 0. The second-order valence-corrected chi connectivity index (χ2v) is 4.19. The number of rotatable bonds is 4. The van der Waals surface area contributed by atoms with Crippen LogP contribution in [-0.4, -0.2) is 5.16 Å². The molecular weight excluding hydrogens is 176 g/mol. The summed E-state index contributed by atoms with van der Waals surface area (Å²) in [5, 5.41) is 3.84. The summed E-state index contributed by atoms with van der Waals surface area (Å²) in [6.07, 6.45) is 2.03. The highest BCUT2D eigenvalue weighted by Gasteiger charge is 2.21. The van der Waals surface area contributed by atoms with Crippen molar-refractivity contribution >= 4 is 5.82 Å².